The Kier molecular flexibility index (Phi) is 5.66. The van der Waals surface area contributed by atoms with Crippen LogP contribution in [0.4, 0.5) is 0 Å². The van der Waals surface area contributed by atoms with Crippen LogP contribution in [0.1, 0.15) is 92.9 Å². The smallest absolute Gasteiger partial charge is 0.261 e. The summed E-state index contributed by atoms with van der Waals surface area (Å²) in [6.45, 7) is 13.0. The van der Waals surface area contributed by atoms with Gasteiger partial charge in [-0.15, -0.1) is 0 Å². The van der Waals surface area contributed by atoms with Gasteiger partial charge in [0.2, 0.25) is 0 Å². The highest BCUT2D eigenvalue weighted by atomic mass is 16.2. The van der Waals surface area contributed by atoms with E-state index in [2.05, 4.69) is 39.1 Å². The molecule has 5 heteroatoms. The van der Waals surface area contributed by atoms with Crippen LogP contribution in [0, 0.1) is 40.4 Å². The van der Waals surface area contributed by atoms with E-state index in [0.29, 0.717) is 11.7 Å². The molecular formula is C28H43N3O2. The minimum atomic E-state index is -0.136. The summed E-state index contributed by atoms with van der Waals surface area (Å²) in [6, 6.07) is -0.136. The summed E-state index contributed by atoms with van der Waals surface area (Å²) in [5, 5.41) is 9.97. The average Bonchev–Trinajstić information content (AvgIpc) is 3.25. The number of carbonyl (C=O) groups excluding carboxylic acids is 2. The van der Waals surface area contributed by atoms with Crippen molar-refractivity contribution in [2.45, 2.75) is 105 Å². The summed E-state index contributed by atoms with van der Waals surface area (Å²) in [7, 11) is 0. The molecule has 0 bridgehead atoms. The molecule has 3 saturated carbocycles. The third-order valence-corrected chi connectivity index (χ3v) is 10.7. The molecule has 5 rings (SSSR count). The number of amides is 1. The fourth-order valence-corrected chi connectivity index (χ4v) is 8.80. The van der Waals surface area contributed by atoms with Crippen LogP contribution in [0.2, 0.25) is 0 Å². The quantitative estimate of drug-likeness (QED) is 0.630. The molecular weight excluding hydrogens is 410 g/mol. The molecule has 1 amide bonds. The lowest BCUT2D eigenvalue weighted by Crippen LogP contribution is -2.51. The Morgan fingerprint density at radius 3 is 2.55 bits per heavy atom. The van der Waals surface area contributed by atoms with Gasteiger partial charge in [-0.1, -0.05) is 33.3 Å². The van der Waals surface area contributed by atoms with Crippen molar-refractivity contribution in [2.24, 2.45) is 45.5 Å². The molecule has 0 aromatic heterocycles. The Bertz CT molecular complexity index is 907. The number of Topliss-reactive ketones (excluding diaryl/α,β-unsaturated/α-hetero) is 1. The van der Waals surface area contributed by atoms with E-state index in [0.717, 1.165) is 43.2 Å². The lowest BCUT2D eigenvalue weighted by molar-refractivity contribution is -0.130. The largest absolute Gasteiger partial charge is 0.300 e. The summed E-state index contributed by atoms with van der Waals surface area (Å²) >= 11 is 0. The van der Waals surface area contributed by atoms with E-state index in [1.165, 1.54) is 25.7 Å². The van der Waals surface area contributed by atoms with Gasteiger partial charge in [0.05, 0.1) is 11.8 Å². The topological polar surface area (TPSA) is 61.8 Å². The molecule has 4 aliphatic carbocycles. The first-order valence-electron chi connectivity index (χ1n) is 13.4. The van der Waals surface area contributed by atoms with Gasteiger partial charge in [0, 0.05) is 5.92 Å². The monoisotopic (exact) mass is 453 g/mol. The Morgan fingerprint density at radius 2 is 1.88 bits per heavy atom. The van der Waals surface area contributed by atoms with E-state index in [9.17, 15) is 9.59 Å². The molecule has 33 heavy (non-hydrogen) atoms. The van der Waals surface area contributed by atoms with Crippen molar-refractivity contribution in [1.29, 1.82) is 0 Å². The van der Waals surface area contributed by atoms with Gasteiger partial charge in [-0.2, -0.15) is 5.10 Å². The minimum Gasteiger partial charge on any atom is -0.300 e. The summed E-state index contributed by atoms with van der Waals surface area (Å²) in [5.74, 6) is 3.26. The highest BCUT2D eigenvalue weighted by Crippen LogP contribution is 2.66. The molecule has 4 unspecified atom stereocenters. The SMILES string of the molecule is CC(=O)[C@H]1CC[C@H]2C3CCC4=C/C(=N/N5C(=O)C(C(C)C)N[C@H]5C)CCC4(C)[C@H]3CCC12C. The molecule has 8 atom stereocenters. The van der Waals surface area contributed by atoms with Crippen molar-refractivity contribution in [3.8, 4) is 0 Å². The van der Waals surface area contributed by atoms with Gasteiger partial charge in [-0.3, -0.25) is 14.9 Å². The number of fused-ring (bicyclic) bond motifs is 5. The third kappa shape index (κ3) is 3.47. The fraction of sp³-hybridized carbons (Fsp3) is 0.821. The number of allylic oxidation sites excluding steroid dienone is 2. The molecule has 0 aromatic carbocycles. The second-order valence-corrected chi connectivity index (χ2v) is 12.6. The molecule has 1 saturated heterocycles. The van der Waals surface area contributed by atoms with Crippen LogP contribution < -0.4 is 5.32 Å². The average molecular weight is 454 g/mol. The highest BCUT2D eigenvalue weighted by Gasteiger charge is 2.59. The molecule has 5 nitrogen and oxygen atoms in total. The zero-order valence-corrected chi connectivity index (χ0v) is 21.5. The number of ketones is 1. The maximum atomic E-state index is 12.9. The lowest BCUT2D eigenvalue weighted by atomic mass is 9.46. The van der Waals surface area contributed by atoms with Gasteiger partial charge in [0.1, 0.15) is 11.9 Å². The second kappa shape index (κ2) is 8.03. The maximum Gasteiger partial charge on any atom is 0.261 e. The Morgan fingerprint density at radius 1 is 1.12 bits per heavy atom. The van der Waals surface area contributed by atoms with Crippen LogP contribution in [0.3, 0.4) is 0 Å². The normalized spacial score (nSPS) is 46.3. The first-order chi connectivity index (χ1) is 15.6. The second-order valence-electron chi connectivity index (χ2n) is 12.6. The van der Waals surface area contributed by atoms with Crippen LogP contribution in [-0.2, 0) is 9.59 Å². The molecule has 1 N–H and O–H groups in total. The van der Waals surface area contributed by atoms with E-state index >= 15 is 0 Å². The van der Waals surface area contributed by atoms with E-state index in [1.54, 1.807) is 10.6 Å². The molecule has 182 valence electrons. The maximum absolute atomic E-state index is 12.9. The summed E-state index contributed by atoms with van der Waals surface area (Å²) in [5.41, 5.74) is 3.10. The standard InChI is InChI=1S/C28H43N3O2/c1-16(2)25-26(33)31(18(4)29-25)30-20-11-13-27(5)19(15-20)7-8-21-23-10-9-22(17(3)32)28(23,6)14-12-24(21)27/h15-16,18,21-25,29H,7-14H2,1-6H3/b30-20+/t18-,21?,22-,23+,24+,25?,27?,28?/m1/s1. The number of carbonyl (C=O) groups is 2. The summed E-state index contributed by atoms with van der Waals surface area (Å²) in [6.07, 6.45) is 11.6. The molecule has 0 spiro atoms. The van der Waals surface area contributed by atoms with Crippen molar-refractivity contribution in [3.05, 3.63) is 11.6 Å². The lowest BCUT2D eigenvalue weighted by Gasteiger charge is -2.58. The third-order valence-electron chi connectivity index (χ3n) is 10.7. The van der Waals surface area contributed by atoms with Crippen molar-refractivity contribution in [3.63, 3.8) is 0 Å². The van der Waals surface area contributed by atoms with E-state index in [-0.39, 0.29) is 40.8 Å². The van der Waals surface area contributed by atoms with Crippen molar-refractivity contribution in [2.75, 3.05) is 0 Å². The predicted molar refractivity (Wildman–Crippen MR) is 131 cm³/mol. The van der Waals surface area contributed by atoms with E-state index in [4.69, 9.17) is 5.10 Å². The first-order valence-corrected chi connectivity index (χ1v) is 13.4. The van der Waals surface area contributed by atoms with Crippen LogP contribution in [-0.4, -0.2) is 34.6 Å². The number of nitrogens with one attached hydrogen (secondary N) is 1. The molecule has 1 heterocycles. The predicted octanol–water partition coefficient (Wildman–Crippen LogP) is 5.31. The van der Waals surface area contributed by atoms with Crippen LogP contribution in [0.5, 0.6) is 0 Å². The Hall–Kier alpha value is -1.49. The molecule has 1 aliphatic heterocycles. The summed E-state index contributed by atoms with van der Waals surface area (Å²) < 4.78 is 0. The van der Waals surface area contributed by atoms with Gasteiger partial charge in [0.15, 0.2) is 0 Å². The van der Waals surface area contributed by atoms with Gasteiger partial charge < -0.3 is 0 Å². The van der Waals surface area contributed by atoms with Gasteiger partial charge in [0.25, 0.3) is 5.91 Å². The Balaban J connectivity index is 1.37. The van der Waals surface area contributed by atoms with Gasteiger partial charge in [-0.25, -0.2) is 5.01 Å². The number of hydrogen-bond acceptors (Lipinski definition) is 4. The number of rotatable bonds is 3. The number of hydrogen-bond donors (Lipinski definition) is 1. The van der Waals surface area contributed by atoms with Crippen LogP contribution in [0.25, 0.3) is 0 Å². The summed E-state index contributed by atoms with van der Waals surface area (Å²) in [4.78, 5) is 25.3. The zero-order chi connectivity index (χ0) is 23.7. The van der Waals surface area contributed by atoms with Crippen molar-refractivity contribution in [1.82, 2.24) is 10.3 Å². The number of nitrogens with zero attached hydrogens (tertiary/aromatic N) is 2. The van der Waals surface area contributed by atoms with Crippen molar-refractivity contribution < 1.29 is 9.59 Å². The minimum absolute atomic E-state index is 0.0487. The fourth-order valence-electron chi connectivity index (χ4n) is 8.80. The molecule has 5 aliphatic rings. The molecule has 0 radical (unpaired) electrons. The first kappa shape index (κ1) is 23.3. The highest BCUT2D eigenvalue weighted by molar-refractivity contribution is 5.98. The number of hydrazone groups is 1. The molecule has 4 fully saturated rings. The van der Waals surface area contributed by atoms with E-state index < -0.39 is 0 Å². The van der Waals surface area contributed by atoms with Crippen molar-refractivity contribution >= 4 is 17.4 Å². The van der Waals surface area contributed by atoms with Gasteiger partial charge in [-0.05, 0) is 106 Å². The van der Waals surface area contributed by atoms with E-state index in [1.807, 2.05) is 13.8 Å². The van der Waals surface area contributed by atoms with Crippen LogP contribution >= 0.6 is 0 Å². The Labute approximate surface area is 199 Å². The van der Waals surface area contributed by atoms with Gasteiger partial charge >= 0.3 is 0 Å². The zero-order valence-electron chi connectivity index (χ0n) is 21.5. The van der Waals surface area contributed by atoms with Crippen LogP contribution in [0.15, 0.2) is 16.8 Å². The molecule has 0 aromatic rings.